The molecule has 0 aromatic rings. The van der Waals surface area contributed by atoms with Crippen molar-refractivity contribution in [1.82, 2.24) is 5.32 Å². The molecule has 3 nitrogen and oxygen atoms in total. The van der Waals surface area contributed by atoms with Gasteiger partial charge in [-0.05, 0) is 18.8 Å². The SMILES string of the molecule is O=C(O)[C@H]1N[C@@H]1C1CC1.[LiH]. The molecule has 2 atom stereocenters. The number of nitrogens with one attached hydrogen (secondary N) is 1. The Labute approximate surface area is 71.4 Å². The monoisotopic (exact) mass is 135 g/mol. The van der Waals surface area contributed by atoms with Crippen LogP contribution in [0, 0.1) is 5.92 Å². The molecule has 2 fully saturated rings. The zero-order valence-corrected chi connectivity index (χ0v) is 5.00. The quantitative estimate of drug-likeness (QED) is 0.384. The second kappa shape index (κ2) is 2.58. The molecule has 1 aliphatic carbocycles. The molecule has 2 aliphatic rings. The van der Waals surface area contributed by atoms with Crippen molar-refractivity contribution in [2.24, 2.45) is 5.92 Å². The van der Waals surface area contributed by atoms with Gasteiger partial charge in [0.25, 0.3) is 0 Å². The van der Waals surface area contributed by atoms with Crippen molar-refractivity contribution in [2.45, 2.75) is 24.9 Å². The van der Waals surface area contributed by atoms with E-state index < -0.39 is 5.97 Å². The minimum atomic E-state index is -0.688. The van der Waals surface area contributed by atoms with Gasteiger partial charge in [0.15, 0.2) is 0 Å². The van der Waals surface area contributed by atoms with Gasteiger partial charge in [-0.2, -0.15) is 0 Å². The average Bonchev–Trinajstić information content (AvgIpc) is 2.60. The van der Waals surface area contributed by atoms with Crippen LogP contribution in [-0.4, -0.2) is 42.0 Å². The van der Waals surface area contributed by atoms with E-state index in [4.69, 9.17) is 5.11 Å². The Morgan fingerprint density at radius 1 is 1.50 bits per heavy atom. The van der Waals surface area contributed by atoms with Gasteiger partial charge in [0.05, 0.1) is 0 Å². The second-order valence-electron chi connectivity index (χ2n) is 2.85. The van der Waals surface area contributed by atoms with Gasteiger partial charge in [0, 0.05) is 6.04 Å². The normalized spacial score (nSPS) is 36.4. The van der Waals surface area contributed by atoms with E-state index in [0.29, 0.717) is 12.0 Å². The number of carboxylic acid groups (broad SMARTS) is 1. The Morgan fingerprint density at radius 3 is 2.40 bits per heavy atom. The van der Waals surface area contributed by atoms with Crippen LogP contribution >= 0.6 is 0 Å². The van der Waals surface area contributed by atoms with Crippen LogP contribution < -0.4 is 5.32 Å². The summed E-state index contributed by atoms with van der Waals surface area (Å²) in [7, 11) is 0. The Morgan fingerprint density at radius 2 is 2.10 bits per heavy atom. The summed E-state index contributed by atoms with van der Waals surface area (Å²) in [6, 6.07) is 0.111. The Bertz CT molecular complexity index is 158. The van der Waals surface area contributed by atoms with Crippen molar-refractivity contribution < 1.29 is 9.90 Å². The molecule has 1 aliphatic heterocycles. The predicted molar refractivity (Wildman–Crippen MR) is 38.2 cm³/mol. The van der Waals surface area contributed by atoms with E-state index in [1.165, 1.54) is 12.8 Å². The molecule has 52 valence electrons. The summed E-state index contributed by atoms with van der Waals surface area (Å²) in [4.78, 5) is 10.2. The summed E-state index contributed by atoms with van der Waals surface area (Å²) in [5.74, 6) is -0.00185. The first-order chi connectivity index (χ1) is 4.29. The molecule has 2 N–H and O–H groups in total. The van der Waals surface area contributed by atoms with Crippen molar-refractivity contribution in [3.63, 3.8) is 0 Å². The van der Waals surface area contributed by atoms with Crippen LogP contribution in [0.1, 0.15) is 12.8 Å². The third kappa shape index (κ3) is 1.37. The van der Waals surface area contributed by atoms with Gasteiger partial charge < -0.3 is 5.11 Å². The van der Waals surface area contributed by atoms with Gasteiger partial charge in [-0.15, -0.1) is 0 Å². The Hall–Kier alpha value is 0.0274. The van der Waals surface area contributed by atoms with E-state index in [-0.39, 0.29) is 24.9 Å². The molecule has 2 rings (SSSR count). The van der Waals surface area contributed by atoms with E-state index in [2.05, 4.69) is 5.32 Å². The van der Waals surface area contributed by atoms with E-state index in [0.717, 1.165) is 0 Å². The number of hydrogen-bond acceptors (Lipinski definition) is 2. The van der Waals surface area contributed by atoms with Crippen LogP contribution in [0.15, 0.2) is 0 Å². The summed E-state index contributed by atoms with van der Waals surface area (Å²) in [5, 5.41) is 11.4. The van der Waals surface area contributed by atoms with Crippen LogP contribution in [-0.2, 0) is 4.79 Å². The molecule has 1 heterocycles. The van der Waals surface area contributed by atoms with Gasteiger partial charge >= 0.3 is 24.8 Å². The average molecular weight is 135 g/mol. The summed E-state index contributed by atoms with van der Waals surface area (Å²) in [6.45, 7) is 0. The van der Waals surface area contributed by atoms with Crippen LogP contribution in [0.5, 0.6) is 0 Å². The fraction of sp³-hybridized carbons (Fsp3) is 0.833. The molecule has 0 amide bonds. The number of hydrogen-bond donors (Lipinski definition) is 2. The topological polar surface area (TPSA) is 59.2 Å². The van der Waals surface area contributed by atoms with Crippen LogP contribution in [0.25, 0.3) is 0 Å². The zero-order chi connectivity index (χ0) is 6.43. The van der Waals surface area contributed by atoms with E-state index in [1.54, 1.807) is 0 Å². The van der Waals surface area contributed by atoms with Crippen molar-refractivity contribution in [3.8, 4) is 0 Å². The molecule has 0 radical (unpaired) electrons. The van der Waals surface area contributed by atoms with Gasteiger partial charge in [-0.1, -0.05) is 0 Å². The second-order valence-corrected chi connectivity index (χ2v) is 2.85. The third-order valence-electron chi connectivity index (χ3n) is 2.02. The maximum atomic E-state index is 10.2. The molecule has 1 saturated carbocycles. The summed E-state index contributed by atoms with van der Waals surface area (Å²) in [5.41, 5.74) is 0. The molecular formula is C6H10LiNO2. The maximum absolute atomic E-state index is 10.2. The number of aliphatic carboxylic acids is 1. The van der Waals surface area contributed by atoms with E-state index >= 15 is 0 Å². The van der Waals surface area contributed by atoms with Crippen molar-refractivity contribution in [2.75, 3.05) is 0 Å². The molecular weight excluding hydrogens is 125 g/mol. The molecule has 4 heteroatoms. The van der Waals surface area contributed by atoms with E-state index in [1.807, 2.05) is 0 Å². The van der Waals surface area contributed by atoms with Gasteiger partial charge in [-0.3, -0.25) is 10.1 Å². The van der Waals surface area contributed by atoms with Crippen molar-refractivity contribution in [1.29, 1.82) is 0 Å². The van der Waals surface area contributed by atoms with Crippen LogP contribution in [0.2, 0.25) is 0 Å². The van der Waals surface area contributed by atoms with Gasteiger partial charge in [0.1, 0.15) is 6.04 Å². The zero-order valence-electron chi connectivity index (χ0n) is 5.00. The predicted octanol–water partition coefficient (Wildman–Crippen LogP) is -0.827. The van der Waals surface area contributed by atoms with Crippen molar-refractivity contribution >= 4 is 24.8 Å². The molecule has 0 bridgehead atoms. The minimum absolute atomic E-state index is 0. The summed E-state index contributed by atoms with van der Waals surface area (Å²) in [6.07, 6.45) is 2.45. The Balaban J connectivity index is 0.000000500. The third-order valence-corrected chi connectivity index (χ3v) is 2.02. The standard InChI is InChI=1S/C6H9NO2.Li.H/c8-6(9)5-4(7-5)3-1-2-3;;/h3-5,7H,1-2H2,(H,8,9);;/t4-,5+;;/m1../s1. The molecule has 0 spiro atoms. The molecule has 0 aromatic heterocycles. The number of carboxylic acids is 1. The molecule has 0 aromatic carbocycles. The number of carbonyl (C=O) groups is 1. The summed E-state index contributed by atoms with van der Waals surface area (Å²) >= 11 is 0. The van der Waals surface area contributed by atoms with Crippen molar-refractivity contribution in [3.05, 3.63) is 0 Å². The van der Waals surface area contributed by atoms with Gasteiger partial charge in [-0.25, -0.2) is 0 Å². The first kappa shape index (κ1) is 8.13. The number of rotatable bonds is 2. The molecule has 1 saturated heterocycles. The fourth-order valence-electron chi connectivity index (χ4n) is 1.24. The van der Waals surface area contributed by atoms with Gasteiger partial charge in [0.2, 0.25) is 0 Å². The van der Waals surface area contributed by atoms with Crippen LogP contribution in [0.4, 0.5) is 0 Å². The summed E-state index contributed by atoms with van der Waals surface area (Å²) < 4.78 is 0. The first-order valence-electron chi connectivity index (χ1n) is 3.28. The first-order valence-corrected chi connectivity index (χ1v) is 3.28. The molecule has 0 unspecified atom stereocenters. The Kier molecular flexibility index (Phi) is 2.09. The van der Waals surface area contributed by atoms with Crippen LogP contribution in [0.3, 0.4) is 0 Å². The fourth-order valence-corrected chi connectivity index (χ4v) is 1.24. The molecule has 10 heavy (non-hydrogen) atoms. The van der Waals surface area contributed by atoms with E-state index in [9.17, 15) is 4.79 Å².